The molecule has 1 aromatic carbocycles. The fraction of sp³-hybridized carbons (Fsp3) is 0.500. The molecule has 1 amide bonds. The molecule has 0 bridgehead atoms. The maximum Gasteiger partial charge on any atom is 0.240 e. The van der Waals surface area contributed by atoms with Crippen molar-refractivity contribution in [2.45, 2.75) is 31.6 Å². The van der Waals surface area contributed by atoms with Crippen LogP contribution in [0.2, 0.25) is 0 Å². The lowest BCUT2D eigenvalue weighted by atomic mass is 10.0. The molecule has 0 saturated carbocycles. The number of hydrogen-bond donors (Lipinski definition) is 2. The maximum absolute atomic E-state index is 11.9. The van der Waals surface area contributed by atoms with E-state index < -0.39 is 10.0 Å². The fourth-order valence-corrected chi connectivity index (χ4v) is 2.91. The van der Waals surface area contributed by atoms with Crippen molar-refractivity contribution in [3.8, 4) is 0 Å². The van der Waals surface area contributed by atoms with Crippen molar-refractivity contribution >= 4 is 15.9 Å². The van der Waals surface area contributed by atoms with Gasteiger partial charge in [0.2, 0.25) is 15.9 Å². The minimum atomic E-state index is -3.49. The van der Waals surface area contributed by atoms with Crippen molar-refractivity contribution in [2.75, 3.05) is 13.1 Å². The van der Waals surface area contributed by atoms with Crippen molar-refractivity contribution in [3.63, 3.8) is 0 Å². The predicted octanol–water partition coefficient (Wildman–Crippen LogP) is 1.52. The first kappa shape index (κ1) is 16.7. The molecule has 5 nitrogen and oxygen atoms in total. The van der Waals surface area contributed by atoms with Crippen molar-refractivity contribution in [1.82, 2.24) is 10.0 Å². The van der Waals surface area contributed by atoms with Gasteiger partial charge in [-0.05, 0) is 25.0 Å². The Morgan fingerprint density at radius 2 is 1.70 bits per heavy atom. The molecule has 6 heteroatoms. The average molecular weight is 298 g/mol. The van der Waals surface area contributed by atoms with Gasteiger partial charge in [0.1, 0.15) is 0 Å². The Kier molecular flexibility index (Phi) is 6.67. The Morgan fingerprint density at radius 3 is 2.25 bits per heavy atom. The van der Waals surface area contributed by atoms with Crippen LogP contribution in [0.15, 0.2) is 35.2 Å². The summed E-state index contributed by atoms with van der Waals surface area (Å²) in [4.78, 5) is 11.9. The van der Waals surface area contributed by atoms with Gasteiger partial charge in [-0.25, -0.2) is 13.1 Å². The first-order valence-corrected chi connectivity index (χ1v) is 8.32. The lowest BCUT2D eigenvalue weighted by Gasteiger charge is -2.13. The highest BCUT2D eigenvalue weighted by Gasteiger charge is 2.15. The van der Waals surface area contributed by atoms with E-state index in [1.807, 2.05) is 13.8 Å². The van der Waals surface area contributed by atoms with Crippen LogP contribution in [0.1, 0.15) is 26.7 Å². The normalized spacial score (nSPS) is 11.6. The molecule has 0 heterocycles. The van der Waals surface area contributed by atoms with E-state index in [4.69, 9.17) is 0 Å². The summed E-state index contributed by atoms with van der Waals surface area (Å²) in [5.41, 5.74) is 0. The second-order valence-electron chi connectivity index (χ2n) is 4.52. The van der Waals surface area contributed by atoms with Gasteiger partial charge in [0, 0.05) is 19.0 Å². The van der Waals surface area contributed by atoms with Gasteiger partial charge in [-0.1, -0.05) is 32.0 Å². The molecule has 0 aliphatic heterocycles. The van der Waals surface area contributed by atoms with Gasteiger partial charge in [0.05, 0.1) is 4.90 Å². The Morgan fingerprint density at radius 1 is 1.10 bits per heavy atom. The molecule has 0 fully saturated rings. The van der Waals surface area contributed by atoms with E-state index in [1.54, 1.807) is 18.2 Å². The molecule has 0 aliphatic rings. The van der Waals surface area contributed by atoms with Gasteiger partial charge in [0.25, 0.3) is 0 Å². The Balaban J connectivity index is 2.40. The number of hydrogen-bond acceptors (Lipinski definition) is 3. The highest BCUT2D eigenvalue weighted by Crippen LogP contribution is 2.07. The van der Waals surface area contributed by atoms with Crippen LogP contribution < -0.4 is 10.0 Å². The number of sulfonamides is 1. The molecule has 2 N–H and O–H groups in total. The second kappa shape index (κ2) is 8.01. The molecule has 0 aliphatic carbocycles. The van der Waals surface area contributed by atoms with E-state index in [0.29, 0.717) is 6.54 Å². The summed E-state index contributed by atoms with van der Waals surface area (Å²) in [6, 6.07) is 8.16. The Hall–Kier alpha value is -1.40. The molecule has 20 heavy (non-hydrogen) atoms. The molecular weight excluding hydrogens is 276 g/mol. The monoisotopic (exact) mass is 298 g/mol. The molecule has 0 aromatic heterocycles. The molecule has 0 radical (unpaired) electrons. The highest BCUT2D eigenvalue weighted by atomic mass is 32.2. The summed E-state index contributed by atoms with van der Waals surface area (Å²) in [6.07, 6.45) is 1.58. The van der Waals surface area contributed by atoms with Crippen LogP contribution in [0, 0.1) is 5.92 Å². The SMILES string of the molecule is CCC(CC)C(=O)NCCNS(=O)(=O)c1ccccc1. The van der Waals surface area contributed by atoms with Crippen LogP contribution in [0.3, 0.4) is 0 Å². The number of amides is 1. The summed E-state index contributed by atoms with van der Waals surface area (Å²) < 4.78 is 26.3. The molecule has 112 valence electrons. The smallest absolute Gasteiger partial charge is 0.240 e. The lowest BCUT2D eigenvalue weighted by molar-refractivity contribution is -0.125. The molecule has 1 rings (SSSR count). The summed E-state index contributed by atoms with van der Waals surface area (Å²) in [5.74, 6) is -0.0189. The average Bonchev–Trinajstić information content (AvgIpc) is 2.46. The van der Waals surface area contributed by atoms with Crippen molar-refractivity contribution < 1.29 is 13.2 Å². The molecule has 0 atom stereocenters. The number of carbonyl (C=O) groups is 1. The summed E-state index contributed by atoms with van der Waals surface area (Å²) >= 11 is 0. The van der Waals surface area contributed by atoms with Gasteiger partial charge in [-0.2, -0.15) is 0 Å². The number of nitrogens with one attached hydrogen (secondary N) is 2. The van der Waals surface area contributed by atoms with Gasteiger partial charge in [0.15, 0.2) is 0 Å². The van der Waals surface area contributed by atoms with Crippen LogP contribution in [0.25, 0.3) is 0 Å². The third kappa shape index (κ3) is 4.94. The van der Waals surface area contributed by atoms with E-state index >= 15 is 0 Å². The van der Waals surface area contributed by atoms with Crippen LogP contribution in [-0.2, 0) is 14.8 Å². The molecule has 0 spiro atoms. The van der Waals surface area contributed by atoms with Crippen molar-refractivity contribution in [2.24, 2.45) is 5.92 Å². The Labute approximate surface area is 120 Å². The zero-order valence-corrected chi connectivity index (χ0v) is 12.7. The van der Waals surface area contributed by atoms with Gasteiger partial charge in [-0.15, -0.1) is 0 Å². The first-order chi connectivity index (χ1) is 9.51. The number of carbonyl (C=O) groups excluding carboxylic acids is 1. The third-order valence-corrected chi connectivity index (χ3v) is 4.60. The summed E-state index contributed by atoms with van der Waals surface area (Å²) in [7, 11) is -3.49. The summed E-state index contributed by atoms with van der Waals surface area (Å²) in [6.45, 7) is 4.40. The number of rotatable bonds is 8. The summed E-state index contributed by atoms with van der Waals surface area (Å²) in [5, 5.41) is 2.74. The second-order valence-corrected chi connectivity index (χ2v) is 6.28. The zero-order chi connectivity index (χ0) is 15.0. The van der Waals surface area contributed by atoms with E-state index in [0.717, 1.165) is 12.8 Å². The van der Waals surface area contributed by atoms with Crippen molar-refractivity contribution in [1.29, 1.82) is 0 Å². The lowest BCUT2D eigenvalue weighted by Crippen LogP contribution is -2.37. The van der Waals surface area contributed by atoms with Crippen LogP contribution in [-0.4, -0.2) is 27.4 Å². The van der Waals surface area contributed by atoms with Crippen LogP contribution in [0.5, 0.6) is 0 Å². The number of benzene rings is 1. The third-order valence-electron chi connectivity index (χ3n) is 3.13. The van der Waals surface area contributed by atoms with Crippen LogP contribution in [0.4, 0.5) is 0 Å². The minimum Gasteiger partial charge on any atom is -0.355 e. The minimum absolute atomic E-state index is 0.000676. The molecular formula is C14H22N2O3S. The van der Waals surface area contributed by atoms with Gasteiger partial charge >= 0.3 is 0 Å². The van der Waals surface area contributed by atoms with E-state index in [1.165, 1.54) is 12.1 Å². The molecule has 1 aromatic rings. The van der Waals surface area contributed by atoms with Crippen molar-refractivity contribution in [3.05, 3.63) is 30.3 Å². The predicted molar refractivity (Wildman–Crippen MR) is 78.7 cm³/mol. The zero-order valence-electron chi connectivity index (χ0n) is 11.9. The topological polar surface area (TPSA) is 75.3 Å². The fourth-order valence-electron chi connectivity index (χ4n) is 1.86. The standard InChI is InChI=1S/C14H22N2O3S/c1-3-12(4-2)14(17)15-10-11-16-20(18,19)13-8-6-5-7-9-13/h5-9,12,16H,3-4,10-11H2,1-2H3,(H,15,17). The van der Waals surface area contributed by atoms with E-state index in [-0.39, 0.29) is 23.3 Å². The quantitative estimate of drug-likeness (QED) is 0.714. The van der Waals surface area contributed by atoms with E-state index in [2.05, 4.69) is 10.0 Å². The first-order valence-electron chi connectivity index (χ1n) is 6.83. The van der Waals surface area contributed by atoms with Gasteiger partial charge < -0.3 is 5.32 Å². The van der Waals surface area contributed by atoms with Crippen LogP contribution >= 0.6 is 0 Å². The molecule has 0 saturated heterocycles. The molecule has 0 unspecified atom stereocenters. The van der Waals surface area contributed by atoms with E-state index in [9.17, 15) is 13.2 Å². The Bertz CT molecular complexity index is 510. The largest absolute Gasteiger partial charge is 0.355 e. The highest BCUT2D eigenvalue weighted by molar-refractivity contribution is 7.89. The maximum atomic E-state index is 11.9. The van der Waals surface area contributed by atoms with Gasteiger partial charge in [-0.3, -0.25) is 4.79 Å².